The summed E-state index contributed by atoms with van der Waals surface area (Å²) in [4.78, 5) is 0. The fourth-order valence-electron chi connectivity index (χ4n) is 0. The maximum absolute atomic E-state index is 9.75. The summed E-state index contributed by atoms with van der Waals surface area (Å²) in [5.41, 5.74) is 0. The molecule has 0 aliphatic rings. The molecule has 0 saturated carbocycles. The van der Waals surface area contributed by atoms with Crippen LogP contribution >= 0.6 is 0 Å². The molecule has 0 spiro atoms. The van der Waals surface area contributed by atoms with Crippen molar-refractivity contribution in [2.45, 2.75) is 13.8 Å². The minimum atomic E-state index is -6.00. The van der Waals surface area contributed by atoms with Gasteiger partial charge in [-0.05, 0) is 0 Å². The summed E-state index contributed by atoms with van der Waals surface area (Å²) in [6.07, 6.45) is 0. The monoisotopic (exact) mass is 310 g/mol. The number of halogens is 8. The van der Waals surface area contributed by atoms with E-state index in [-0.39, 0.29) is 20.4 Å². The molecule has 0 atom stereocenters. The Morgan fingerprint density at radius 1 is 0.538 bits per heavy atom. The largest absolute Gasteiger partial charge is 2.00 e. The summed E-state index contributed by atoms with van der Waals surface area (Å²) in [6.45, 7) is 4.00. The SMILES string of the molecule is CC.F[B-](F)(F)F.F[B-](F)(F)F.[Pd+2]. The van der Waals surface area contributed by atoms with Crippen molar-refractivity contribution in [1.82, 2.24) is 0 Å². The molecule has 0 aliphatic carbocycles. The summed E-state index contributed by atoms with van der Waals surface area (Å²) in [5, 5.41) is 0. The van der Waals surface area contributed by atoms with Crippen molar-refractivity contribution in [1.29, 1.82) is 0 Å². The molecule has 11 heteroatoms. The zero-order chi connectivity index (χ0) is 11.0. The maximum Gasteiger partial charge on any atom is 2.00 e. The third-order valence-corrected chi connectivity index (χ3v) is 0. The average Bonchev–Trinajstić information content (AvgIpc) is 1.59. The van der Waals surface area contributed by atoms with E-state index in [0.29, 0.717) is 0 Å². The molecule has 0 radical (unpaired) electrons. The van der Waals surface area contributed by atoms with Gasteiger partial charge in [-0.2, -0.15) is 0 Å². The van der Waals surface area contributed by atoms with Crippen LogP contribution in [0.2, 0.25) is 0 Å². The van der Waals surface area contributed by atoms with Crippen LogP contribution in [0.5, 0.6) is 0 Å². The topological polar surface area (TPSA) is 0 Å². The van der Waals surface area contributed by atoms with Gasteiger partial charge in [0.1, 0.15) is 0 Å². The number of rotatable bonds is 0. The summed E-state index contributed by atoms with van der Waals surface area (Å²) >= 11 is 0. The van der Waals surface area contributed by atoms with Gasteiger partial charge in [0.15, 0.2) is 0 Å². The Bertz CT molecular complexity index is 63.1. The van der Waals surface area contributed by atoms with Gasteiger partial charge in [-0.3, -0.25) is 0 Å². The quantitative estimate of drug-likeness (QED) is 0.473. The normalized spacial score (nSPS) is 9.69. The van der Waals surface area contributed by atoms with E-state index in [4.69, 9.17) is 0 Å². The van der Waals surface area contributed by atoms with Gasteiger partial charge < -0.3 is 34.5 Å². The molecule has 0 aromatic carbocycles. The van der Waals surface area contributed by atoms with Crippen LogP contribution in [0.25, 0.3) is 0 Å². The average molecular weight is 310 g/mol. The Kier molecular flexibility index (Phi) is 18.4. The van der Waals surface area contributed by atoms with Crippen LogP contribution in [0.4, 0.5) is 34.5 Å². The van der Waals surface area contributed by atoms with E-state index in [1.165, 1.54) is 0 Å². The fourth-order valence-corrected chi connectivity index (χ4v) is 0. The van der Waals surface area contributed by atoms with E-state index in [1.807, 2.05) is 13.8 Å². The molecule has 0 fully saturated rings. The van der Waals surface area contributed by atoms with Crippen LogP contribution in [0.1, 0.15) is 13.8 Å². The Labute approximate surface area is 83.9 Å². The van der Waals surface area contributed by atoms with Gasteiger partial charge in [0.2, 0.25) is 0 Å². The summed E-state index contributed by atoms with van der Waals surface area (Å²) in [7, 11) is -12.0. The smallest absolute Gasteiger partial charge is 0.418 e. The van der Waals surface area contributed by atoms with Crippen molar-refractivity contribution in [2.24, 2.45) is 0 Å². The first kappa shape index (κ1) is 23.2. The molecule has 0 amide bonds. The standard InChI is InChI=1S/C2H6.2BF4.Pd/c1-2;2*2-1(3,4)5;/h1-2H3;;;/q;2*-1;+2. The molecular weight excluding hydrogens is 304 g/mol. The maximum atomic E-state index is 9.75. The molecule has 0 rings (SSSR count). The first-order valence-corrected chi connectivity index (χ1v) is 2.75. The summed E-state index contributed by atoms with van der Waals surface area (Å²) in [6, 6.07) is 0. The van der Waals surface area contributed by atoms with Crippen molar-refractivity contribution < 1.29 is 54.9 Å². The number of hydrogen-bond acceptors (Lipinski definition) is 0. The van der Waals surface area contributed by atoms with Crippen LogP contribution in [-0.4, -0.2) is 14.5 Å². The zero-order valence-electron chi connectivity index (χ0n) is 6.49. The Morgan fingerprint density at radius 2 is 0.538 bits per heavy atom. The molecule has 0 aromatic heterocycles. The molecule has 13 heavy (non-hydrogen) atoms. The van der Waals surface area contributed by atoms with E-state index < -0.39 is 14.5 Å². The van der Waals surface area contributed by atoms with Crippen molar-refractivity contribution in [3.8, 4) is 0 Å². The molecule has 0 aliphatic heterocycles. The predicted octanol–water partition coefficient (Wildman–Crippen LogP) is 3.62. The van der Waals surface area contributed by atoms with Gasteiger partial charge in [0.25, 0.3) is 0 Å². The van der Waals surface area contributed by atoms with Gasteiger partial charge in [-0.25, -0.2) is 0 Å². The molecule has 0 bridgehead atoms. The Morgan fingerprint density at radius 3 is 0.538 bits per heavy atom. The van der Waals surface area contributed by atoms with Crippen molar-refractivity contribution in [2.75, 3.05) is 0 Å². The second kappa shape index (κ2) is 10.3. The minimum Gasteiger partial charge on any atom is -0.418 e. The molecular formula is C2H6B2F8Pd. The van der Waals surface area contributed by atoms with Gasteiger partial charge in [-0.1, -0.05) is 13.8 Å². The van der Waals surface area contributed by atoms with Crippen molar-refractivity contribution in [3.63, 3.8) is 0 Å². The molecule has 0 unspecified atom stereocenters. The van der Waals surface area contributed by atoms with E-state index in [0.717, 1.165) is 0 Å². The Hall–Kier alpha value is 0.232. The first-order chi connectivity index (χ1) is 5.00. The van der Waals surface area contributed by atoms with Crippen LogP contribution < -0.4 is 0 Å². The second-order valence-corrected chi connectivity index (χ2v) is 0.990. The van der Waals surface area contributed by atoms with Gasteiger partial charge >= 0.3 is 34.9 Å². The third kappa shape index (κ3) is 23800. The number of hydrogen-bond donors (Lipinski definition) is 0. The molecule has 0 saturated heterocycles. The second-order valence-electron chi connectivity index (χ2n) is 0.990. The molecule has 0 N–H and O–H groups in total. The van der Waals surface area contributed by atoms with Crippen LogP contribution in [0.15, 0.2) is 0 Å². The molecule has 0 heterocycles. The summed E-state index contributed by atoms with van der Waals surface area (Å²) in [5.74, 6) is 0. The molecule has 86 valence electrons. The van der Waals surface area contributed by atoms with Crippen LogP contribution in [-0.2, 0) is 20.4 Å². The van der Waals surface area contributed by atoms with Gasteiger partial charge in [0, 0.05) is 0 Å². The van der Waals surface area contributed by atoms with Crippen molar-refractivity contribution in [3.05, 3.63) is 0 Å². The Balaban J connectivity index is -0.0000000491. The van der Waals surface area contributed by atoms with E-state index in [1.54, 1.807) is 0 Å². The van der Waals surface area contributed by atoms with Crippen LogP contribution in [0, 0.1) is 0 Å². The summed E-state index contributed by atoms with van der Waals surface area (Å²) < 4.78 is 78.0. The fraction of sp³-hybridized carbons (Fsp3) is 1.00. The molecule has 0 nitrogen and oxygen atoms in total. The van der Waals surface area contributed by atoms with E-state index in [9.17, 15) is 34.5 Å². The van der Waals surface area contributed by atoms with E-state index >= 15 is 0 Å². The zero-order valence-corrected chi connectivity index (χ0v) is 8.05. The van der Waals surface area contributed by atoms with Gasteiger partial charge in [0.05, 0.1) is 0 Å². The van der Waals surface area contributed by atoms with Gasteiger partial charge in [-0.15, -0.1) is 0 Å². The third-order valence-electron chi connectivity index (χ3n) is 0. The minimum absolute atomic E-state index is 0. The van der Waals surface area contributed by atoms with Crippen LogP contribution in [0.3, 0.4) is 0 Å². The predicted molar refractivity (Wildman–Crippen MR) is 31.7 cm³/mol. The van der Waals surface area contributed by atoms with E-state index in [2.05, 4.69) is 0 Å². The van der Waals surface area contributed by atoms with Crippen molar-refractivity contribution >= 4 is 14.5 Å². The first-order valence-electron chi connectivity index (χ1n) is 2.75. The molecule has 0 aromatic rings.